The third-order valence-electron chi connectivity index (χ3n) is 4.97. The lowest BCUT2D eigenvalue weighted by atomic mass is 9.98. The van der Waals surface area contributed by atoms with E-state index in [1.165, 1.54) is 6.07 Å². The molecule has 3 rings (SSSR count). The molecule has 1 amide bonds. The maximum Gasteiger partial charge on any atom is 0.335 e. The average molecular weight is 368 g/mol. The van der Waals surface area contributed by atoms with Crippen LogP contribution >= 0.6 is 0 Å². The number of carbonyl (C=O) groups excluding carboxylic acids is 1. The van der Waals surface area contributed by atoms with E-state index in [0.717, 1.165) is 31.6 Å². The summed E-state index contributed by atoms with van der Waals surface area (Å²) in [5.74, 6) is 0.0417. The van der Waals surface area contributed by atoms with Crippen molar-refractivity contribution in [1.82, 2.24) is 0 Å². The Morgan fingerprint density at radius 2 is 1.70 bits per heavy atom. The van der Waals surface area contributed by atoms with Gasteiger partial charge in [-0.25, -0.2) is 4.79 Å². The van der Waals surface area contributed by atoms with E-state index in [2.05, 4.69) is 17.1 Å². The van der Waals surface area contributed by atoms with E-state index in [1.807, 2.05) is 0 Å². The molecular weight excluding hydrogens is 344 g/mol. The molecule has 142 valence electrons. The summed E-state index contributed by atoms with van der Waals surface area (Å²) in [6.45, 7) is 4.01. The van der Waals surface area contributed by atoms with Gasteiger partial charge in [0.05, 0.1) is 24.0 Å². The van der Waals surface area contributed by atoms with Gasteiger partial charge in [-0.3, -0.25) is 4.79 Å². The second-order valence-electron chi connectivity index (χ2n) is 6.89. The van der Waals surface area contributed by atoms with Crippen molar-refractivity contribution in [3.8, 4) is 5.75 Å². The Morgan fingerprint density at radius 3 is 2.30 bits per heavy atom. The first kappa shape index (κ1) is 18.8. The summed E-state index contributed by atoms with van der Waals surface area (Å²) in [5.41, 5.74) is 2.00. The number of benzene rings is 2. The molecule has 1 fully saturated rings. The van der Waals surface area contributed by atoms with Gasteiger partial charge in [0.1, 0.15) is 5.75 Å². The Hall–Kier alpha value is -3.02. The summed E-state index contributed by atoms with van der Waals surface area (Å²) >= 11 is 0. The van der Waals surface area contributed by atoms with Crippen LogP contribution in [0.15, 0.2) is 42.5 Å². The molecular formula is C21H24N2O4. The normalized spacial score (nSPS) is 14.7. The summed E-state index contributed by atoms with van der Waals surface area (Å²) in [7, 11) is 1.57. The molecule has 2 N–H and O–H groups in total. The van der Waals surface area contributed by atoms with Gasteiger partial charge < -0.3 is 20.1 Å². The Labute approximate surface area is 158 Å². The van der Waals surface area contributed by atoms with E-state index in [1.54, 1.807) is 43.5 Å². The van der Waals surface area contributed by atoms with Crippen LogP contribution in [0.25, 0.3) is 0 Å². The highest BCUT2D eigenvalue weighted by Gasteiger charge is 2.20. The van der Waals surface area contributed by atoms with Gasteiger partial charge >= 0.3 is 5.97 Å². The van der Waals surface area contributed by atoms with Crippen LogP contribution in [0.5, 0.6) is 5.75 Å². The van der Waals surface area contributed by atoms with E-state index < -0.39 is 5.97 Å². The highest BCUT2D eigenvalue weighted by Crippen LogP contribution is 2.31. The summed E-state index contributed by atoms with van der Waals surface area (Å²) in [5, 5.41) is 12.2. The number of hydrogen-bond acceptors (Lipinski definition) is 4. The van der Waals surface area contributed by atoms with Gasteiger partial charge in [-0.05, 0) is 61.2 Å². The summed E-state index contributed by atoms with van der Waals surface area (Å²) in [6, 6.07) is 11.7. The molecule has 2 aromatic carbocycles. The summed E-state index contributed by atoms with van der Waals surface area (Å²) < 4.78 is 5.11. The number of hydrogen-bond donors (Lipinski definition) is 2. The van der Waals surface area contributed by atoms with E-state index >= 15 is 0 Å². The van der Waals surface area contributed by atoms with E-state index in [0.29, 0.717) is 22.9 Å². The van der Waals surface area contributed by atoms with Crippen LogP contribution in [-0.4, -0.2) is 37.2 Å². The largest absolute Gasteiger partial charge is 0.497 e. The summed E-state index contributed by atoms with van der Waals surface area (Å²) in [4.78, 5) is 26.2. The molecule has 6 nitrogen and oxygen atoms in total. The molecule has 27 heavy (non-hydrogen) atoms. The van der Waals surface area contributed by atoms with Crippen molar-refractivity contribution in [2.75, 3.05) is 30.4 Å². The number of carboxylic acid groups (broad SMARTS) is 1. The van der Waals surface area contributed by atoms with Crippen LogP contribution in [0, 0.1) is 5.92 Å². The topological polar surface area (TPSA) is 78.9 Å². The van der Waals surface area contributed by atoms with Crippen LogP contribution in [0.2, 0.25) is 0 Å². The molecule has 0 aliphatic carbocycles. The Morgan fingerprint density at radius 1 is 1.07 bits per heavy atom. The monoisotopic (exact) mass is 368 g/mol. The fraction of sp³-hybridized carbons (Fsp3) is 0.333. The number of amides is 1. The number of anilines is 2. The van der Waals surface area contributed by atoms with Gasteiger partial charge in [-0.2, -0.15) is 0 Å². The lowest BCUT2D eigenvalue weighted by Crippen LogP contribution is -2.33. The predicted octanol–water partition coefficient (Wildman–Crippen LogP) is 3.88. The third-order valence-corrected chi connectivity index (χ3v) is 4.97. The number of carboxylic acids is 1. The van der Waals surface area contributed by atoms with Crippen LogP contribution in [0.1, 0.15) is 40.5 Å². The zero-order valence-electron chi connectivity index (χ0n) is 15.6. The highest BCUT2D eigenvalue weighted by atomic mass is 16.5. The number of nitrogens with one attached hydrogen (secondary N) is 1. The molecule has 0 atom stereocenters. The lowest BCUT2D eigenvalue weighted by molar-refractivity contribution is 0.0696. The molecule has 0 unspecified atom stereocenters. The van der Waals surface area contributed by atoms with Crippen molar-refractivity contribution in [3.63, 3.8) is 0 Å². The molecule has 1 heterocycles. The van der Waals surface area contributed by atoms with Crippen molar-refractivity contribution in [2.45, 2.75) is 19.8 Å². The van der Waals surface area contributed by atoms with E-state index in [9.17, 15) is 14.7 Å². The standard InChI is InChI=1S/C21H24N2O4/c1-14-9-11-23(12-10-14)19-8-5-16(21(25)26)13-18(19)22-20(24)15-3-6-17(27-2)7-4-15/h3-8,13-14H,9-12H2,1-2H3,(H,22,24)(H,25,26). The van der Waals surface area contributed by atoms with Crippen molar-refractivity contribution in [1.29, 1.82) is 0 Å². The maximum atomic E-state index is 12.7. The number of ether oxygens (including phenoxy) is 1. The minimum atomic E-state index is -1.02. The molecule has 0 bridgehead atoms. The number of methoxy groups -OCH3 is 1. The fourth-order valence-electron chi connectivity index (χ4n) is 3.23. The van der Waals surface area contributed by atoms with Gasteiger partial charge in [-0.1, -0.05) is 6.92 Å². The van der Waals surface area contributed by atoms with Crippen LogP contribution in [0.4, 0.5) is 11.4 Å². The maximum absolute atomic E-state index is 12.7. The zero-order chi connectivity index (χ0) is 19.4. The molecule has 6 heteroatoms. The van der Waals surface area contributed by atoms with Gasteiger partial charge in [0.2, 0.25) is 0 Å². The average Bonchev–Trinajstić information content (AvgIpc) is 2.68. The number of aromatic carboxylic acids is 1. The molecule has 1 saturated heterocycles. The van der Waals surface area contributed by atoms with Crippen LogP contribution < -0.4 is 15.0 Å². The first-order chi connectivity index (χ1) is 13.0. The molecule has 0 saturated carbocycles. The highest BCUT2D eigenvalue weighted by molar-refractivity contribution is 6.06. The SMILES string of the molecule is COc1ccc(C(=O)Nc2cc(C(=O)O)ccc2N2CCC(C)CC2)cc1. The predicted molar refractivity (Wildman–Crippen MR) is 105 cm³/mol. The van der Waals surface area contributed by atoms with Crippen molar-refractivity contribution >= 4 is 23.3 Å². The molecule has 2 aromatic rings. The van der Waals surface area contributed by atoms with Crippen molar-refractivity contribution in [3.05, 3.63) is 53.6 Å². The Bertz CT molecular complexity index is 825. The zero-order valence-corrected chi connectivity index (χ0v) is 15.6. The van der Waals surface area contributed by atoms with E-state index in [4.69, 9.17) is 4.74 Å². The Kier molecular flexibility index (Phi) is 5.64. The number of rotatable bonds is 5. The quantitative estimate of drug-likeness (QED) is 0.837. The number of carbonyl (C=O) groups is 2. The van der Waals surface area contributed by atoms with Gasteiger partial charge in [0, 0.05) is 18.7 Å². The first-order valence-electron chi connectivity index (χ1n) is 9.05. The Balaban J connectivity index is 1.87. The fourth-order valence-corrected chi connectivity index (χ4v) is 3.23. The third kappa shape index (κ3) is 4.39. The van der Waals surface area contributed by atoms with Gasteiger partial charge in [-0.15, -0.1) is 0 Å². The van der Waals surface area contributed by atoms with E-state index in [-0.39, 0.29) is 11.5 Å². The first-order valence-corrected chi connectivity index (χ1v) is 9.05. The minimum Gasteiger partial charge on any atom is -0.497 e. The number of piperidine rings is 1. The smallest absolute Gasteiger partial charge is 0.335 e. The van der Waals surface area contributed by atoms with Crippen molar-refractivity contribution < 1.29 is 19.4 Å². The van der Waals surface area contributed by atoms with Gasteiger partial charge in [0.15, 0.2) is 0 Å². The molecule has 1 aliphatic heterocycles. The number of nitrogens with zero attached hydrogens (tertiary/aromatic N) is 1. The van der Waals surface area contributed by atoms with Gasteiger partial charge in [0.25, 0.3) is 5.91 Å². The molecule has 1 aliphatic rings. The molecule has 0 radical (unpaired) electrons. The molecule has 0 aromatic heterocycles. The summed E-state index contributed by atoms with van der Waals surface area (Å²) in [6.07, 6.45) is 2.15. The van der Waals surface area contributed by atoms with Crippen molar-refractivity contribution in [2.24, 2.45) is 5.92 Å². The van der Waals surface area contributed by atoms with Crippen LogP contribution in [-0.2, 0) is 0 Å². The minimum absolute atomic E-state index is 0.147. The molecule has 0 spiro atoms. The second-order valence-corrected chi connectivity index (χ2v) is 6.89. The second kappa shape index (κ2) is 8.12. The lowest BCUT2D eigenvalue weighted by Gasteiger charge is -2.33. The van der Waals surface area contributed by atoms with Crippen LogP contribution in [0.3, 0.4) is 0 Å².